The van der Waals surface area contributed by atoms with Gasteiger partial charge in [-0.2, -0.15) is 0 Å². The Kier molecular flexibility index (Phi) is 6.40. The van der Waals surface area contributed by atoms with Crippen LogP contribution in [0.2, 0.25) is 0 Å². The third-order valence-electron chi connectivity index (χ3n) is 6.34. The molecule has 1 unspecified atom stereocenters. The number of amides is 2. The second-order valence-corrected chi connectivity index (χ2v) is 8.67. The number of hydrogen-bond donors (Lipinski definition) is 4. The highest BCUT2D eigenvalue weighted by Crippen LogP contribution is 2.29. The van der Waals surface area contributed by atoms with Crippen molar-refractivity contribution in [3.8, 4) is 0 Å². The first-order valence-corrected chi connectivity index (χ1v) is 10.8. The quantitative estimate of drug-likeness (QED) is 0.496. The van der Waals surface area contributed by atoms with Crippen LogP contribution in [0.1, 0.15) is 25.7 Å². The van der Waals surface area contributed by atoms with Gasteiger partial charge >= 0.3 is 0 Å². The van der Waals surface area contributed by atoms with Crippen molar-refractivity contribution in [3.63, 3.8) is 0 Å². The number of piperidine rings is 2. The van der Waals surface area contributed by atoms with Gasteiger partial charge in [0.25, 0.3) is 0 Å². The van der Waals surface area contributed by atoms with E-state index in [0.29, 0.717) is 45.6 Å². The summed E-state index contributed by atoms with van der Waals surface area (Å²) < 4.78 is 29.6. The minimum atomic E-state index is -0.702. The number of anilines is 2. The fourth-order valence-corrected chi connectivity index (χ4v) is 4.58. The third-order valence-corrected chi connectivity index (χ3v) is 6.34. The fourth-order valence-electron chi connectivity index (χ4n) is 4.58. The molecule has 0 aromatic heterocycles. The second-order valence-electron chi connectivity index (χ2n) is 8.67. The summed E-state index contributed by atoms with van der Waals surface area (Å²) in [5, 5.41) is 19.0. The number of carbonyl (C=O) groups excluding carboxylic acids is 2. The van der Waals surface area contributed by atoms with Crippen LogP contribution in [0.4, 0.5) is 20.2 Å². The minimum absolute atomic E-state index is 0.0750. The highest BCUT2D eigenvalue weighted by molar-refractivity contribution is 6.01. The largest absolute Gasteiger partial charge is 0.388 e. The third kappa shape index (κ3) is 5.13. The SMILES string of the molecule is O=C1CCC(Nc2cc(F)c(N3CCN(CC4(O)CCNCC4)CC3)c(F)c2)C(=O)N1. The maximum absolute atomic E-state index is 14.8. The number of β-amino-alcohol motifs (C(OH)–C–C–N with tert-alkyl or cyclic N) is 1. The van der Waals surface area contributed by atoms with E-state index in [-0.39, 0.29) is 30.1 Å². The van der Waals surface area contributed by atoms with E-state index in [9.17, 15) is 23.5 Å². The maximum Gasteiger partial charge on any atom is 0.249 e. The summed E-state index contributed by atoms with van der Waals surface area (Å²) in [5.41, 5.74) is -0.609. The van der Waals surface area contributed by atoms with Gasteiger partial charge in [-0.05, 0) is 44.5 Å². The summed E-state index contributed by atoms with van der Waals surface area (Å²) in [6, 6.07) is 1.67. The van der Waals surface area contributed by atoms with E-state index in [4.69, 9.17) is 0 Å². The summed E-state index contributed by atoms with van der Waals surface area (Å²) in [4.78, 5) is 27.0. The zero-order valence-corrected chi connectivity index (χ0v) is 17.4. The average Bonchev–Trinajstić information content (AvgIpc) is 2.71. The zero-order chi connectivity index (χ0) is 22.0. The van der Waals surface area contributed by atoms with Crippen LogP contribution in [0.5, 0.6) is 0 Å². The Labute approximate surface area is 180 Å². The van der Waals surface area contributed by atoms with E-state index in [2.05, 4.69) is 20.9 Å². The van der Waals surface area contributed by atoms with Crippen molar-refractivity contribution in [2.24, 2.45) is 0 Å². The van der Waals surface area contributed by atoms with E-state index in [0.717, 1.165) is 13.1 Å². The van der Waals surface area contributed by atoms with Gasteiger partial charge in [0.05, 0.1) is 5.60 Å². The Morgan fingerprint density at radius 2 is 1.74 bits per heavy atom. The number of carbonyl (C=O) groups is 2. The standard InChI is InChI=1S/C21H29F2N5O3/c22-15-11-14(25-17-1-2-18(29)26-20(17)30)12-16(23)19(15)28-9-7-27(8-10-28)13-21(31)3-5-24-6-4-21/h11-12,17,24-25,31H,1-10,13H2,(H,26,29,30). The number of benzene rings is 1. The molecule has 2 amide bonds. The van der Waals surface area contributed by atoms with Gasteiger partial charge in [-0.15, -0.1) is 0 Å². The topological polar surface area (TPSA) is 96.9 Å². The fraction of sp³-hybridized carbons (Fsp3) is 0.619. The lowest BCUT2D eigenvalue weighted by molar-refractivity contribution is -0.133. The molecule has 1 aromatic rings. The number of aliphatic hydroxyl groups is 1. The molecule has 31 heavy (non-hydrogen) atoms. The molecule has 4 N–H and O–H groups in total. The molecule has 170 valence electrons. The molecule has 8 nitrogen and oxygen atoms in total. The van der Waals surface area contributed by atoms with Crippen LogP contribution < -0.4 is 20.9 Å². The molecule has 1 aromatic carbocycles. The molecule has 0 saturated carbocycles. The Morgan fingerprint density at radius 1 is 1.10 bits per heavy atom. The van der Waals surface area contributed by atoms with E-state index >= 15 is 0 Å². The lowest BCUT2D eigenvalue weighted by atomic mass is 9.91. The molecule has 3 heterocycles. The van der Waals surface area contributed by atoms with Gasteiger partial charge in [0, 0.05) is 44.8 Å². The average molecular weight is 437 g/mol. The van der Waals surface area contributed by atoms with Gasteiger partial charge in [-0.1, -0.05) is 0 Å². The molecule has 3 saturated heterocycles. The molecular formula is C21H29F2N5O3. The number of halogens is 2. The molecule has 0 bridgehead atoms. The molecule has 3 aliphatic rings. The summed E-state index contributed by atoms with van der Waals surface area (Å²) in [7, 11) is 0. The van der Waals surface area contributed by atoms with E-state index in [1.807, 2.05) is 0 Å². The maximum atomic E-state index is 14.8. The van der Waals surface area contributed by atoms with Crippen molar-refractivity contribution >= 4 is 23.2 Å². The van der Waals surface area contributed by atoms with Crippen LogP contribution in [-0.2, 0) is 9.59 Å². The molecule has 0 spiro atoms. The molecule has 1 atom stereocenters. The number of nitrogens with zero attached hydrogens (tertiary/aromatic N) is 2. The lowest BCUT2D eigenvalue weighted by Crippen LogP contribution is -2.55. The highest BCUT2D eigenvalue weighted by atomic mass is 19.1. The van der Waals surface area contributed by atoms with Crippen LogP contribution in [0.3, 0.4) is 0 Å². The van der Waals surface area contributed by atoms with Crippen molar-refractivity contribution in [3.05, 3.63) is 23.8 Å². The van der Waals surface area contributed by atoms with Crippen LogP contribution in [0.25, 0.3) is 0 Å². The minimum Gasteiger partial charge on any atom is -0.388 e. The van der Waals surface area contributed by atoms with Crippen LogP contribution >= 0.6 is 0 Å². The van der Waals surface area contributed by atoms with Crippen molar-refractivity contribution in [1.29, 1.82) is 0 Å². The number of hydrogen-bond acceptors (Lipinski definition) is 7. The molecule has 3 aliphatic heterocycles. The number of piperazine rings is 1. The Hall–Kier alpha value is -2.30. The Bertz CT molecular complexity index is 815. The predicted octanol–water partition coefficient (Wildman–Crippen LogP) is 0.418. The Morgan fingerprint density at radius 3 is 2.35 bits per heavy atom. The number of nitrogens with one attached hydrogen (secondary N) is 3. The molecule has 3 fully saturated rings. The molecule has 10 heteroatoms. The Balaban J connectivity index is 1.37. The van der Waals surface area contributed by atoms with Crippen LogP contribution in [0.15, 0.2) is 12.1 Å². The smallest absolute Gasteiger partial charge is 0.249 e. The van der Waals surface area contributed by atoms with E-state index < -0.39 is 29.2 Å². The lowest BCUT2D eigenvalue weighted by Gasteiger charge is -2.41. The number of imide groups is 1. The van der Waals surface area contributed by atoms with Crippen LogP contribution in [0, 0.1) is 11.6 Å². The van der Waals surface area contributed by atoms with E-state index in [1.54, 1.807) is 4.90 Å². The first-order chi connectivity index (χ1) is 14.8. The van der Waals surface area contributed by atoms with Crippen molar-refractivity contribution in [2.45, 2.75) is 37.3 Å². The molecule has 4 rings (SSSR count). The molecular weight excluding hydrogens is 408 g/mol. The zero-order valence-electron chi connectivity index (χ0n) is 17.4. The van der Waals surface area contributed by atoms with Gasteiger partial charge in [0.15, 0.2) is 11.6 Å². The predicted molar refractivity (Wildman–Crippen MR) is 112 cm³/mol. The summed E-state index contributed by atoms with van der Waals surface area (Å²) in [6.45, 7) is 4.32. The summed E-state index contributed by atoms with van der Waals surface area (Å²) in [6.07, 6.45) is 1.87. The normalized spacial score (nSPS) is 24.7. The van der Waals surface area contributed by atoms with Gasteiger partial charge in [-0.25, -0.2) is 8.78 Å². The van der Waals surface area contributed by atoms with Crippen LogP contribution in [-0.4, -0.2) is 79.3 Å². The van der Waals surface area contributed by atoms with Gasteiger partial charge in [-0.3, -0.25) is 19.8 Å². The second kappa shape index (κ2) is 9.05. The first-order valence-electron chi connectivity index (χ1n) is 10.8. The monoisotopic (exact) mass is 437 g/mol. The van der Waals surface area contributed by atoms with Crippen molar-refractivity contribution in [1.82, 2.24) is 15.5 Å². The van der Waals surface area contributed by atoms with Crippen molar-refractivity contribution < 1.29 is 23.5 Å². The first kappa shape index (κ1) is 21.9. The van der Waals surface area contributed by atoms with Gasteiger partial charge < -0.3 is 20.6 Å². The highest BCUT2D eigenvalue weighted by Gasteiger charge is 2.33. The van der Waals surface area contributed by atoms with E-state index in [1.165, 1.54) is 12.1 Å². The van der Waals surface area contributed by atoms with Crippen molar-refractivity contribution in [2.75, 3.05) is 56.0 Å². The van der Waals surface area contributed by atoms with Gasteiger partial charge in [0.1, 0.15) is 11.7 Å². The summed E-state index contributed by atoms with van der Waals surface area (Å²) in [5.74, 6) is -2.23. The van der Waals surface area contributed by atoms with Gasteiger partial charge in [0.2, 0.25) is 11.8 Å². The molecule has 0 aliphatic carbocycles. The summed E-state index contributed by atoms with van der Waals surface area (Å²) >= 11 is 0. The molecule has 0 radical (unpaired) electrons. The number of rotatable bonds is 5.